The SMILES string of the molecule is CCOC(=O)CCc1ccc2c(c1)nc(N)c1ncc(CCc3ccc(OC)cc3C)cc12. The number of aromatic nitrogens is 2. The molecule has 6 nitrogen and oxygen atoms in total. The maximum Gasteiger partial charge on any atom is 0.306 e. The van der Waals surface area contributed by atoms with Gasteiger partial charge in [0.15, 0.2) is 5.82 Å². The van der Waals surface area contributed by atoms with Crippen molar-refractivity contribution in [3.05, 3.63) is 70.9 Å². The molecule has 0 unspecified atom stereocenters. The van der Waals surface area contributed by atoms with E-state index >= 15 is 0 Å². The normalized spacial score (nSPS) is 11.1. The van der Waals surface area contributed by atoms with Crippen LogP contribution in [-0.4, -0.2) is 29.7 Å². The molecule has 4 aromatic rings. The third-order valence-electron chi connectivity index (χ3n) is 5.94. The number of aryl methyl sites for hydroxylation is 4. The third-order valence-corrected chi connectivity index (χ3v) is 5.94. The van der Waals surface area contributed by atoms with Gasteiger partial charge in [-0.3, -0.25) is 9.78 Å². The standard InChI is InChI=1S/C27H29N3O3/c1-4-33-25(31)12-7-18-6-11-22-23-14-19(16-29-26(23)27(28)30-24(22)15-18)5-8-20-9-10-21(32-3)13-17(20)2/h6,9-11,13-16H,4-5,7-8,12H2,1-3H3,(H2,28,30). The van der Waals surface area contributed by atoms with Crippen molar-refractivity contribution in [3.63, 3.8) is 0 Å². The first-order chi connectivity index (χ1) is 16.0. The van der Waals surface area contributed by atoms with Crippen molar-refractivity contribution in [2.24, 2.45) is 0 Å². The fourth-order valence-electron chi connectivity index (χ4n) is 4.12. The lowest BCUT2D eigenvalue weighted by molar-refractivity contribution is -0.143. The summed E-state index contributed by atoms with van der Waals surface area (Å²) in [6.07, 6.45) is 4.63. The summed E-state index contributed by atoms with van der Waals surface area (Å²) in [5, 5.41) is 2.01. The van der Waals surface area contributed by atoms with Gasteiger partial charge in [-0.05, 0) is 79.6 Å². The predicted octanol–water partition coefficient (Wildman–Crippen LogP) is 4.96. The number of esters is 1. The highest BCUT2D eigenvalue weighted by Gasteiger charge is 2.11. The molecule has 0 saturated carbocycles. The van der Waals surface area contributed by atoms with Gasteiger partial charge in [-0.25, -0.2) is 4.98 Å². The van der Waals surface area contributed by atoms with E-state index in [1.807, 2.05) is 37.4 Å². The molecule has 33 heavy (non-hydrogen) atoms. The second-order valence-electron chi connectivity index (χ2n) is 8.19. The molecule has 0 atom stereocenters. The molecule has 0 spiro atoms. The molecule has 4 rings (SSSR count). The van der Waals surface area contributed by atoms with Gasteiger partial charge in [0.1, 0.15) is 11.3 Å². The molecule has 0 saturated heterocycles. The fourth-order valence-corrected chi connectivity index (χ4v) is 4.12. The van der Waals surface area contributed by atoms with E-state index in [1.54, 1.807) is 7.11 Å². The number of nitrogens with zero attached hydrogens (tertiary/aromatic N) is 2. The number of benzene rings is 2. The highest BCUT2D eigenvalue weighted by molar-refractivity contribution is 6.08. The van der Waals surface area contributed by atoms with Gasteiger partial charge in [0.05, 0.1) is 19.2 Å². The van der Waals surface area contributed by atoms with E-state index in [0.29, 0.717) is 30.8 Å². The number of hydrogen-bond acceptors (Lipinski definition) is 6. The lowest BCUT2D eigenvalue weighted by Crippen LogP contribution is -2.05. The van der Waals surface area contributed by atoms with E-state index in [1.165, 1.54) is 11.1 Å². The second kappa shape index (κ2) is 9.86. The lowest BCUT2D eigenvalue weighted by atomic mass is 9.99. The van der Waals surface area contributed by atoms with Gasteiger partial charge in [-0.15, -0.1) is 0 Å². The van der Waals surface area contributed by atoms with Gasteiger partial charge in [-0.2, -0.15) is 0 Å². The van der Waals surface area contributed by atoms with Crippen LogP contribution in [0.15, 0.2) is 48.7 Å². The van der Waals surface area contributed by atoms with Gasteiger partial charge in [0.25, 0.3) is 0 Å². The number of nitrogen functional groups attached to an aromatic ring is 1. The zero-order chi connectivity index (χ0) is 23.4. The zero-order valence-electron chi connectivity index (χ0n) is 19.4. The van der Waals surface area contributed by atoms with Crippen LogP contribution in [0.1, 0.15) is 35.6 Å². The average molecular weight is 444 g/mol. The zero-order valence-corrected chi connectivity index (χ0v) is 19.4. The smallest absolute Gasteiger partial charge is 0.306 e. The number of anilines is 1. The van der Waals surface area contributed by atoms with Crippen LogP contribution in [0.25, 0.3) is 21.8 Å². The minimum absolute atomic E-state index is 0.190. The number of carbonyl (C=O) groups is 1. The molecule has 2 aromatic carbocycles. The Kier molecular flexibility index (Phi) is 6.73. The van der Waals surface area contributed by atoms with Crippen LogP contribution in [0.3, 0.4) is 0 Å². The Morgan fingerprint density at radius 1 is 1.00 bits per heavy atom. The Labute approximate surface area is 193 Å². The summed E-state index contributed by atoms with van der Waals surface area (Å²) in [4.78, 5) is 20.9. The summed E-state index contributed by atoms with van der Waals surface area (Å²) in [5.74, 6) is 1.10. The van der Waals surface area contributed by atoms with Crippen LogP contribution in [0.5, 0.6) is 5.75 Å². The van der Waals surface area contributed by atoms with Crippen LogP contribution in [0, 0.1) is 6.92 Å². The molecule has 0 aliphatic heterocycles. The topological polar surface area (TPSA) is 87.3 Å². The predicted molar refractivity (Wildman–Crippen MR) is 132 cm³/mol. The molecule has 6 heteroatoms. The Bertz CT molecular complexity index is 1320. The summed E-state index contributed by atoms with van der Waals surface area (Å²) in [7, 11) is 1.68. The van der Waals surface area contributed by atoms with Crippen molar-refractivity contribution < 1.29 is 14.3 Å². The minimum atomic E-state index is -0.190. The molecule has 0 fully saturated rings. The fraction of sp³-hybridized carbons (Fsp3) is 0.296. The molecule has 0 radical (unpaired) electrons. The number of carbonyl (C=O) groups excluding carboxylic acids is 1. The summed E-state index contributed by atoms with van der Waals surface area (Å²) >= 11 is 0. The van der Waals surface area contributed by atoms with Crippen LogP contribution < -0.4 is 10.5 Å². The van der Waals surface area contributed by atoms with Gasteiger partial charge in [0, 0.05) is 23.4 Å². The van der Waals surface area contributed by atoms with E-state index in [2.05, 4.69) is 35.1 Å². The summed E-state index contributed by atoms with van der Waals surface area (Å²) < 4.78 is 10.3. The summed E-state index contributed by atoms with van der Waals surface area (Å²) in [6.45, 7) is 4.32. The van der Waals surface area contributed by atoms with Crippen molar-refractivity contribution in [2.75, 3.05) is 19.5 Å². The first kappa shape index (κ1) is 22.5. The third kappa shape index (κ3) is 5.06. The Hall–Kier alpha value is -3.67. The number of rotatable bonds is 8. The van der Waals surface area contributed by atoms with Crippen molar-refractivity contribution in [2.45, 2.75) is 39.5 Å². The molecule has 0 bridgehead atoms. The molecular weight excluding hydrogens is 414 g/mol. The summed E-state index contributed by atoms with van der Waals surface area (Å²) in [6, 6.07) is 14.4. The number of fused-ring (bicyclic) bond motifs is 3. The molecule has 170 valence electrons. The minimum Gasteiger partial charge on any atom is -0.497 e. The van der Waals surface area contributed by atoms with Gasteiger partial charge < -0.3 is 15.2 Å². The molecule has 2 heterocycles. The number of pyridine rings is 2. The quantitative estimate of drug-likeness (QED) is 0.306. The maximum atomic E-state index is 11.7. The van der Waals surface area contributed by atoms with Gasteiger partial charge in [0.2, 0.25) is 0 Å². The van der Waals surface area contributed by atoms with Crippen LogP contribution in [0.2, 0.25) is 0 Å². The first-order valence-electron chi connectivity index (χ1n) is 11.2. The molecule has 0 aliphatic carbocycles. The van der Waals surface area contributed by atoms with Crippen LogP contribution in [-0.2, 0) is 28.8 Å². The van der Waals surface area contributed by atoms with Crippen molar-refractivity contribution >= 4 is 33.6 Å². The first-order valence-corrected chi connectivity index (χ1v) is 11.2. The van der Waals surface area contributed by atoms with Gasteiger partial charge >= 0.3 is 5.97 Å². The lowest BCUT2D eigenvalue weighted by Gasteiger charge is -2.11. The van der Waals surface area contributed by atoms with E-state index < -0.39 is 0 Å². The van der Waals surface area contributed by atoms with Crippen molar-refractivity contribution in [1.29, 1.82) is 0 Å². The largest absolute Gasteiger partial charge is 0.497 e. The maximum absolute atomic E-state index is 11.7. The van der Waals surface area contributed by atoms with E-state index in [9.17, 15) is 4.79 Å². The molecule has 0 aliphatic rings. The highest BCUT2D eigenvalue weighted by atomic mass is 16.5. The average Bonchev–Trinajstić information content (AvgIpc) is 2.82. The Balaban J connectivity index is 1.60. The van der Waals surface area contributed by atoms with Crippen LogP contribution >= 0.6 is 0 Å². The van der Waals surface area contributed by atoms with Crippen LogP contribution in [0.4, 0.5) is 5.82 Å². The molecular formula is C27H29N3O3. The number of nitrogens with two attached hydrogens (primary N) is 1. The number of methoxy groups -OCH3 is 1. The number of ether oxygens (including phenoxy) is 2. The highest BCUT2D eigenvalue weighted by Crippen LogP contribution is 2.29. The van der Waals surface area contributed by atoms with E-state index in [0.717, 1.165) is 46.0 Å². The monoisotopic (exact) mass is 443 g/mol. The molecule has 2 aromatic heterocycles. The van der Waals surface area contributed by atoms with E-state index in [-0.39, 0.29) is 5.97 Å². The number of hydrogen-bond donors (Lipinski definition) is 1. The summed E-state index contributed by atoms with van der Waals surface area (Å²) in [5.41, 5.74) is 12.5. The second-order valence-corrected chi connectivity index (χ2v) is 8.19. The molecule has 2 N–H and O–H groups in total. The Morgan fingerprint density at radius 3 is 2.61 bits per heavy atom. The Morgan fingerprint density at radius 2 is 1.85 bits per heavy atom. The van der Waals surface area contributed by atoms with Crippen molar-refractivity contribution in [1.82, 2.24) is 9.97 Å². The van der Waals surface area contributed by atoms with E-state index in [4.69, 9.17) is 15.2 Å². The van der Waals surface area contributed by atoms with Crippen molar-refractivity contribution in [3.8, 4) is 5.75 Å². The molecule has 0 amide bonds. The van der Waals surface area contributed by atoms with Gasteiger partial charge in [-0.1, -0.05) is 18.2 Å².